The lowest BCUT2D eigenvalue weighted by Crippen LogP contribution is -2.47. The molecule has 1 aromatic rings. The van der Waals surface area contributed by atoms with Crippen molar-refractivity contribution < 1.29 is 9.53 Å². The third kappa shape index (κ3) is 3.91. The highest BCUT2D eigenvalue weighted by molar-refractivity contribution is 5.93. The number of piperidine rings is 1. The Kier molecular flexibility index (Phi) is 5.34. The van der Waals surface area contributed by atoms with E-state index < -0.39 is 17.2 Å². The van der Waals surface area contributed by atoms with Crippen molar-refractivity contribution >= 4 is 5.91 Å². The molecule has 144 valence electrons. The summed E-state index contributed by atoms with van der Waals surface area (Å²) in [6.07, 6.45) is 5.20. The predicted molar refractivity (Wildman–Crippen MR) is 97.4 cm³/mol. The van der Waals surface area contributed by atoms with Gasteiger partial charge in [-0.2, -0.15) is 0 Å². The molecule has 0 aliphatic carbocycles. The monoisotopic (exact) mass is 364 g/mol. The van der Waals surface area contributed by atoms with Crippen molar-refractivity contribution in [1.82, 2.24) is 19.8 Å². The van der Waals surface area contributed by atoms with E-state index in [1.807, 2.05) is 0 Å². The average molecular weight is 364 g/mol. The van der Waals surface area contributed by atoms with Crippen LogP contribution in [0.2, 0.25) is 0 Å². The molecule has 2 saturated heterocycles. The first-order valence-corrected chi connectivity index (χ1v) is 9.30. The number of carbonyl (C=O) groups excluding carboxylic acids is 1. The largest absolute Gasteiger partial charge is 0.370 e. The van der Waals surface area contributed by atoms with E-state index in [0.29, 0.717) is 12.6 Å². The Labute approximate surface area is 152 Å². The predicted octanol–water partition coefficient (Wildman–Crippen LogP) is 0.225. The molecule has 0 radical (unpaired) electrons. The summed E-state index contributed by atoms with van der Waals surface area (Å²) in [5, 5.41) is 2.77. The molecule has 0 saturated carbocycles. The highest BCUT2D eigenvalue weighted by Gasteiger charge is 2.42. The van der Waals surface area contributed by atoms with Crippen LogP contribution in [0.15, 0.2) is 15.8 Å². The second kappa shape index (κ2) is 7.36. The van der Waals surface area contributed by atoms with Crippen molar-refractivity contribution in [3.05, 3.63) is 32.6 Å². The number of ether oxygens (including phenoxy) is 1. The number of hydrogen-bond donors (Lipinski definition) is 2. The van der Waals surface area contributed by atoms with Gasteiger partial charge in [-0.1, -0.05) is 0 Å². The number of likely N-dealkylation sites (tertiary alicyclic amines) is 1. The van der Waals surface area contributed by atoms with Crippen LogP contribution < -0.4 is 16.6 Å². The summed E-state index contributed by atoms with van der Waals surface area (Å²) in [7, 11) is 1.49. The molecule has 1 amide bonds. The Hall–Kier alpha value is -1.93. The minimum atomic E-state index is -0.671. The summed E-state index contributed by atoms with van der Waals surface area (Å²) < 4.78 is 7.48. The van der Waals surface area contributed by atoms with Crippen LogP contribution in [0.1, 0.15) is 49.9 Å². The molecule has 8 nitrogen and oxygen atoms in total. The van der Waals surface area contributed by atoms with Crippen molar-refractivity contribution in [1.29, 1.82) is 0 Å². The minimum Gasteiger partial charge on any atom is -0.370 e. The Balaban J connectivity index is 1.54. The lowest BCUT2D eigenvalue weighted by atomic mass is 9.88. The van der Waals surface area contributed by atoms with Crippen LogP contribution in [0, 0.1) is 0 Å². The third-order valence-corrected chi connectivity index (χ3v) is 5.62. The Bertz CT molecular complexity index is 774. The number of aromatic nitrogens is 2. The van der Waals surface area contributed by atoms with Gasteiger partial charge in [-0.05, 0) is 39.5 Å². The molecule has 2 fully saturated rings. The van der Waals surface area contributed by atoms with Gasteiger partial charge >= 0.3 is 5.69 Å². The van der Waals surface area contributed by atoms with Crippen LogP contribution in [-0.4, -0.2) is 57.7 Å². The molecule has 0 bridgehead atoms. The van der Waals surface area contributed by atoms with Crippen molar-refractivity contribution in [2.45, 2.75) is 57.3 Å². The molecule has 3 rings (SSSR count). The van der Waals surface area contributed by atoms with E-state index in [1.165, 1.54) is 17.8 Å². The van der Waals surface area contributed by atoms with Gasteiger partial charge in [-0.3, -0.25) is 14.6 Å². The fraction of sp³-hybridized carbons (Fsp3) is 0.722. The summed E-state index contributed by atoms with van der Waals surface area (Å²) >= 11 is 0. The third-order valence-electron chi connectivity index (χ3n) is 5.62. The van der Waals surface area contributed by atoms with E-state index in [0.717, 1.165) is 38.8 Å². The first-order valence-electron chi connectivity index (χ1n) is 9.30. The lowest BCUT2D eigenvalue weighted by Gasteiger charge is -2.40. The summed E-state index contributed by atoms with van der Waals surface area (Å²) in [6.45, 7) is 6.89. The number of hydrogen-bond acceptors (Lipinski definition) is 5. The zero-order chi connectivity index (χ0) is 18.9. The van der Waals surface area contributed by atoms with Crippen molar-refractivity contribution in [2.24, 2.45) is 7.05 Å². The van der Waals surface area contributed by atoms with Gasteiger partial charge in [0.05, 0.1) is 11.7 Å². The van der Waals surface area contributed by atoms with Gasteiger partial charge < -0.3 is 19.5 Å². The maximum Gasteiger partial charge on any atom is 0.328 e. The molecule has 3 heterocycles. The van der Waals surface area contributed by atoms with Crippen LogP contribution in [0.4, 0.5) is 0 Å². The lowest BCUT2D eigenvalue weighted by molar-refractivity contribution is -0.0788. The zero-order valence-corrected chi connectivity index (χ0v) is 15.7. The van der Waals surface area contributed by atoms with Gasteiger partial charge in [0.15, 0.2) is 0 Å². The van der Waals surface area contributed by atoms with Gasteiger partial charge in [0, 0.05) is 38.9 Å². The van der Waals surface area contributed by atoms with Crippen molar-refractivity contribution in [2.75, 3.05) is 19.6 Å². The van der Waals surface area contributed by atoms with Crippen molar-refractivity contribution in [3.8, 4) is 0 Å². The molecule has 2 aliphatic heterocycles. The molecule has 1 atom stereocenters. The quantitative estimate of drug-likeness (QED) is 0.797. The Morgan fingerprint density at radius 2 is 2.04 bits per heavy atom. The highest BCUT2D eigenvalue weighted by Crippen LogP contribution is 2.39. The first kappa shape index (κ1) is 18.8. The fourth-order valence-electron chi connectivity index (χ4n) is 3.88. The maximum atomic E-state index is 12.3. The second-order valence-corrected chi connectivity index (χ2v) is 7.71. The number of nitrogens with one attached hydrogen (secondary N) is 2. The van der Waals surface area contributed by atoms with E-state index >= 15 is 0 Å². The number of nitrogens with zero attached hydrogens (tertiary/aromatic N) is 2. The van der Waals surface area contributed by atoms with Gasteiger partial charge in [0.1, 0.15) is 5.56 Å². The second-order valence-electron chi connectivity index (χ2n) is 7.71. The summed E-state index contributed by atoms with van der Waals surface area (Å²) in [4.78, 5) is 40.0. The number of carbonyl (C=O) groups is 1. The van der Waals surface area contributed by atoms with Gasteiger partial charge in [0.25, 0.3) is 11.5 Å². The number of rotatable bonds is 4. The molecule has 26 heavy (non-hydrogen) atoms. The van der Waals surface area contributed by atoms with Crippen LogP contribution in [0.25, 0.3) is 0 Å². The molecule has 1 unspecified atom stereocenters. The molecule has 1 aromatic heterocycles. The highest BCUT2D eigenvalue weighted by atomic mass is 16.5. The molecule has 2 aliphatic rings. The SMILES string of the molecule is CC(C)N1CCC2(CCC(CNC(=O)c3cn(C)c(=O)[nH]c3=O)O2)CC1. The normalized spacial score (nSPS) is 22.8. The van der Waals surface area contributed by atoms with Crippen LogP contribution in [0.5, 0.6) is 0 Å². The number of H-pyrrole nitrogens is 1. The summed E-state index contributed by atoms with van der Waals surface area (Å²) in [6, 6.07) is 0.559. The Morgan fingerprint density at radius 1 is 1.35 bits per heavy atom. The van der Waals surface area contributed by atoms with E-state index in [-0.39, 0.29) is 17.3 Å². The van der Waals surface area contributed by atoms with E-state index in [1.54, 1.807) is 0 Å². The van der Waals surface area contributed by atoms with E-state index in [4.69, 9.17) is 4.74 Å². The standard InChI is InChI=1S/C18H28N4O4/c1-12(2)22-8-6-18(7-9-22)5-4-13(26-18)10-19-15(23)14-11-21(3)17(25)20-16(14)24/h11-13H,4-10H2,1-3H3,(H,19,23)(H,20,24,25). The molecule has 2 N–H and O–H groups in total. The topological polar surface area (TPSA) is 96.4 Å². The summed E-state index contributed by atoms with van der Waals surface area (Å²) in [5.41, 5.74) is -1.34. The van der Waals surface area contributed by atoms with Crippen molar-refractivity contribution in [3.63, 3.8) is 0 Å². The number of aryl methyl sites for hydroxylation is 1. The number of aromatic amines is 1. The molecule has 8 heteroatoms. The molecular formula is C18H28N4O4. The zero-order valence-electron chi connectivity index (χ0n) is 15.7. The van der Waals surface area contributed by atoms with Gasteiger partial charge in [-0.25, -0.2) is 4.79 Å². The van der Waals surface area contributed by atoms with Gasteiger partial charge in [0.2, 0.25) is 0 Å². The minimum absolute atomic E-state index is 0.0313. The number of amides is 1. The molecular weight excluding hydrogens is 336 g/mol. The van der Waals surface area contributed by atoms with E-state index in [9.17, 15) is 14.4 Å². The van der Waals surface area contributed by atoms with Gasteiger partial charge in [-0.15, -0.1) is 0 Å². The molecule has 1 spiro atoms. The van der Waals surface area contributed by atoms with Crippen LogP contribution >= 0.6 is 0 Å². The van der Waals surface area contributed by atoms with Crippen LogP contribution in [0.3, 0.4) is 0 Å². The summed E-state index contributed by atoms with van der Waals surface area (Å²) in [5.74, 6) is -0.485. The Morgan fingerprint density at radius 3 is 2.69 bits per heavy atom. The smallest absolute Gasteiger partial charge is 0.328 e. The molecule has 0 aromatic carbocycles. The van der Waals surface area contributed by atoms with E-state index in [2.05, 4.69) is 29.0 Å². The fourth-order valence-corrected chi connectivity index (χ4v) is 3.88. The van der Waals surface area contributed by atoms with Crippen LogP contribution in [-0.2, 0) is 11.8 Å². The first-order chi connectivity index (χ1) is 12.3. The maximum absolute atomic E-state index is 12.3. The average Bonchev–Trinajstić information content (AvgIpc) is 2.99.